The van der Waals surface area contributed by atoms with E-state index < -0.39 is 0 Å². The maximum Gasteiger partial charge on any atom is 0.152 e. The molecular weight excluding hydrogens is 242 g/mol. The van der Waals surface area contributed by atoms with Crippen LogP contribution in [0.1, 0.15) is 37.0 Å². The van der Waals surface area contributed by atoms with E-state index in [-0.39, 0.29) is 11.6 Å². The van der Waals surface area contributed by atoms with Crippen LogP contribution >= 0.6 is 0 Å². The molecule has 0 unspecified atom stereocenters. The zero-order chi connectivity index (χ0) is 14.3. The molecule has 1 aromatic rings. The van der Waals surface area contributed by atoms with Crippen molar-refractivity contribution in [3.8, 4) is 0 Å². The fourth-order valence-electron chi connectivity index (χ4n) is 1.81. The van der Waals surface area contributed by atoms with Gasteiger partial charge in [-0.05, 0) is 26.0 Å². The lowest BCUT2D eigenvalue weighted by atomic mass is 10.1. The highest BCUT2D eigenvalue weighted by Crippen LogP contribution is 2.19. The average Bonchev–Trinajstić information content (AvgIpc) is 2.38. The van der Waals surface area contributed by atoms with Gasteiger partial charge < -0.3 is 4.90 Å². The number of carbonyl (C=O) groups excluding carboxylic acids is 3. The van der Waals surface area contributed by atoms with Crippen LogP contribution in [0.3, 0.4) is 0 Å². The molecule has 1 aromatic carbocycles. The van der Waals surface area contributed by atoms with Gasteiger partial charge >= 0.3 is 0 Å². The van der Waals surface area contributed by atoms with E-state index in [9.17, 15) is 14.4 Å². The first-order chi connectivity index (χ1) is 9.04. The molecule has 0 saturated carbocycles. The van der Waals surface area contributed by atoms with Crippen molar-refractivity contribution in [1.82, 2.24) is 0 Å². The van der Waals surface area contributed by atoms with Crippen LogP contribution in [0.4, 0.5) is 5.69 Å². The number of rotatable bonds is 8. The summed E-state index contributed by atoms with van der Waals surface area (Å²) in [5.41, 5.74) is 1.36. The third-order valence-electron chi connectivity index (χ3n) is 2.87. The summed E-state index contributed by atoms with van der Waals surface area (Å²) < 4.78 is 0. The van der Waals surface area contributed by atoms with Crippen LogP contribution in [-0.4, -0.2) is 30.9 Å². The minimum Gasteiger partial charge on any atom is -0.370 e. The van der Waals surface area contributed by atoms with Crippen molar-refractivity contribution in [3.63, 3.8) is 0 Å². The minimum absolute atomic E-state index is 0.0939. The van der Waals surface area contributed by atoms with E-state index in [1.807, 2.05) is 17.0 Å². The summed E-state index contributed by atoms with van der Waals surface area (Å²) in [6.45, 7) is 4.12. The lowest BCUT2D eigenvalue weighted by Gasteiger charge is -2.25. The van der Waals surface area contributed by atoms with Gasteiger partial charge in [-0.2, -0.15) is 0 Å². The SMILES string of the molecule is CC(=O)CCN(CCC(C)=O)c1ccccc1C=O. The van der Waals surface area contributed by atoms with Crippen LogP contribution in [-0.2, 0) is 9.59 Å². The maximum atomic E-state index is 11.1. The van der Waals surface area contributed by atoms with E-state index in [0.717, 1.165) is 12.0 Å². The second-order valence-electron chi connectivity index (χ2n) is 4.57. The Hall–Kier alpha value is -1.97. The van der Waals surface area contributed by atoms with Crippen molar-refractivity contribution in [3.05, 3.63) is 29.8 Å². The summed E-state index contributed by atoms with van der Waals surface area (Å²) in [6.07, 6.45) is 1.61. The summed E-state index contributed by atoms with van der Waals surface area (Å²) in [6, 6.07) is 7.21. The smallest absolute Gasteiger partial charge is 0.152 e. The maximum absolute atomic E-state index is 11.1. The van der Waals surface area contributed by atoms with Crippen molar-refractivity contribution in [2.75, 3.05) is 18.0 Å². The molecular formula is C15H19NO3. The lowest BCUT2D eigenvalue weighted by molar-refractivity contribution is -0.117. The van der Waals surface area contributed by atoms with Gasteiger partial charge in [-0.3, -0.25) is 14.4 Å². The molecule has 19 heavy (non-hydrogen) atoms. The van der Waals surface area contributed by atoms with E-state index in [1.165, 1.54) is 13.8 Å². The summed E-state index contributed by atoms with van der Waals surface area (Å²) in [5, 5.41) is 0. The minimum atomic E-state index is 0.0939. The Bertz CT molecular complexity index is 450. The van der Waals surface area contributed by atoms with E-state index in [4.69, 9.17) is 0 Å². The number of aldehydes is 1. The normalized spacial score (nSPS) is 10.0. The molecule has 0 aromatic heterocycles. The molecule has 0 bridgehead atoms. The molecule has 102 valence electrons. The van der Waals surface area contributed by atoms with Gasteiger partial charge in [0.1, 0.15) is 11.6 Å². The molecule has 1 rings (SSSR count). The molecule has 0 N–H and O–H groups in total. The Balaban J connectivity index is 2.89. The number of hydrogen-bond acceptors (Lipinski definition) is 4. The first kappa shape index (κ1) is 15.1. The zero-order valence-electron chi connectivity index (χ0n) is 11.4. The molecule has 0 spiro atoms. The largest absolute Gasteiger partial charge is 0.370 e. The van der Waals surface area contributed by atoms with Crippen molar-refractivity contribution in [2.24, 2.45) is 0 Å². The third kappa shape index (κ3) is 5.04. The van der Waals surface area contributed by atoms with Crippen LogP contribution in [0.5, 0.6) is 0 Å². The molecule has 4 nitrogen and oxygen atoms in total. The number of hydrogen-bond donors (Lipinski definition) is 0. The molecule has 0 aliphatic heterocycles. The number of ketones is 2. The van der Waals surface area contributed by atoms with Crippen LogP contribution in [0.25, 0.3) is 0 Å². The Kier molecular flexibility index (Phi) is 5.93. The Morgan fingerprint density at radius 3 is 2.05 bits per heavy atom. The number of Topliss-reactive ketones (excluding diaryl/α,β-unsaturated/α-hetero) is 2. The quantitative estimate of drug-likeness (QED) is 0.674. The molecule has 0 heterocycles. The highest BCUT2D eigenvalue weighted by atomic mass is 16.1. The highest BCUT2D eigenvalue weighted by molar-refractivity contribution is 5.85. The van der Waals surface area contributed by atoms with Crippen molar-refractivity contribution >= 4 is 23.5 Å². The number of anilines is 1. The molecule has 0 fully saturated rings. The number of nitrogens with zero attached hydrogens (tertiary/aromatic N) is 1. The summed E-state index contributed by atoms with van der Waals surface area (Å²) >= 11 is 0. The van der Waals surface area contributed by atoms with Gasteiger partial charge in [0.25, 0.3) is 0 Å². The fraction of sp³-hybridized carbons (Fsp3) is 0.400. The second-order valence-corrected chi connectivity index (χ2v) is 4.57. The monoisotopic (exact) mass is 261 g/mol. The van der Waals surface area contributed by atoms with Crippen LogP contribution in [0, 0.1) is 0 Å². The standard InChI is InChI=1S/C15H19NO3/c1-12(18)7-9-16(10-8-13(2)19)15-6-4-3-5-14(15)11-17/h3-6,11H,7-10H2,1-2H3. The van der Waals surface area contributed by atoms with Crippen molar-refractivity contribution in [1.29, 1.82) is 0 Å². The van der Waals surface area contributed by atoms with Crippen LogP contribution in [0.2, 0.25) is 0 Å². The van der Waals surface area contributed by atoms with Gasteiger partial charge in [-0.25, -0.2) is 0 Å². The Labute approximate surface area is 113 Å². The van der Waals surface area contributed by atoms with E-state index in [2.05, 4.69) is 0 Å². The first-order valence-electron chi connectivity index (χ1n) is 6.32. The predicted octanol–water partition coefficient (Wildman–Crippen LogP) is 2.26. The Morgan fingerprint density at radius 2 is 1.58 bits per heavy atom. The van der Waals surface area contributed by atoms with Crippen LogP contribution < -0.4 is 4.90 Å². The summed E-state index contributed by atoms with van der Waals surface area (Å²) in [4.78, 5) is 35.2. The summed E-state index contributed by atoms with van der Waals surface area (Å²) in [7, 11) is 0. The second kappa shape index (κ2) is 7.46. The number of para-hydroxylation sites is 1. The van der Waals surface area contributed by atoms with Crippen molar-refractivity contribution < 1.29 is 14.4 Å². The Morgan fingerprint density at radius 1 is 1.05 bits per heavy atom. The van der Waals surface area contributed by atoms with E-state index in [0.29, 0.717) is 31.5 Å². The van der Waals surface area contributed by atoms with E-state index in [1.54, 1.807) is 12.1 Å². The van der Waals surface area contributed by atoms with Gasteiger partial charge in [0.05, 0.1) is 0 Å². The van der Waals surface area contributed by atoms with Gasteiger partial charge in [0, 0.05) is 37.2 Å². The molecule has 0 aliphatic carbocycles. The fourth-order valence-corrected chi connectivity index (χ4v) is 1.81. The molecule has 0 atom stereocenters. The average molecular weight is 261 g/mol. The lowest BCUT2D eigenvalue weighted by Crippen LogP contribution is -2.29. The molecule has 0 saturated heterocycles. The topological polar surface area (TPSA) is 54.5 Å². The van der Waals surface area contributed by atoms with Gasteiger partial charge in [0.2, 0.25) is 0 Å². The predicted molar refractivity (Wildman–Crippen MR) is 74.6 cm³/mol. The van der Waals surface area contributed by atoms with Crippen LogP contribution in [0.15, 0.2) is 24.3 Å². The molecule has 0 radical (unpaired) electrons. The van der Waals surface area contributed by atoms with Gasteiger partial charge in [-0.1, -0.05) is 12.1 Å². The molecule has 0 aliphatic rings. The number of carbonyl (C=O) groups is 3. The summed E-state index contributed by atoms with van der Waals surface area (Å²) in [5.74, 6) is 0.188. The molecule has 4 heteroatoms. The molecule has 0 amide bonds. The highest BCUT2D eigenvalue weighted by Gasteiger charge is 2.12. The zero-order valence-corrected chi connectivity index (χ0v) is 11.4. The first-order valence-corrected chi connectivity index (χ1v) is 6.32. The van der Waals surface area contributed by atoms with Crippen molar-refractivity contribution in [2.45, 2.75) is 26.7 Å². The van der Waals surface area contributed by atoms with Gasteiger partial charge in [-0.15, -0.1) is 0 Å². The number of benzene rings is 1. The third-order valence-corrected chi connectivity index (χ3v) is 2.87. The van der Waals surface area contributed by atoms with Gasteiger partial charge in [0.15, 0.2) is 6.29 Å². The van der Waals surface area contributed by atoms with E-state index >= 15 is 0 Å².